The molecule has 0 bridgehead atoms. The van der Waals surface area contributed by atoms with Gasteiger partial charge >= 0.3 is 0 Å². The van der Waals surface area contributed by atoms with E-state index in [1.54, 1.807) is 0 Å². The van der Waals surface area contributed by atoms with Gasteiger partial charge in [-0.1, -0.05) is 0 Å². The number of hydrogen-bond acceptors (Lipinski definition) is 6. The van der Waals surface area contributed by atoms with E-state index in [9.17, 15) is 0 Å². The van der Waals surface area contributed by atoms with Gasteiger partial charge in [-0.2, -0.15) is 10.0 Å². The van der Waals surface area contributed by atoms with Crippen LogP contribution in [0.25, 0.3) is 0 Å². The Kier molecular flexibility index (Phi) is 2.85. The van der Waals surface area contributed by atoms with Gasteiger partial charge in [0.15, 0.2) is 0 Å². The third-order valence-electron chi connectivity index (χ3n) is 5.57. The van der Waals surface area contributed by atoms with Crippen LogP contribution in [0.1, 0.15) is 38.5 Å². The van der Waals surface area contributed by atoms with Crippen LogP contribution in [0.2, 0.25) is 0 Å². The summed E-state index contributed by atoms with van der Waals surface area (Å²) < 4.78 is 12.1. The van der Waals surface area contributed by atoms with E-state index in [4.69, 9.17) is 9.47 Å². The molecule has 0 amide bonds. The zero-order chi connectivity index (χ0) is 13.1. The third kappa shape index (κ3) is 1.60. The van der Waals surface area contributed by atoms with Crippen LogP contribution in [0.4, 0.5) is 0 Å². The SMILES string of the molecule is C1C[C@@H]2N3CCO[C@H]4CCC[C@@H](N5CCO[C@H](C1)N25)N43. The third-order valence-corrected chi connectivity index (χ3v) is 5.57. The first kappa shape index (κ1) is 12.3. The highest BCUT2D eigenvalue weighted by molar-refractivity contribution is 4.93. The molecule has 112 valence electrons. The first-order chi connectivity index (χ1) is 9.93. The summed E-state index contributed by atoms with van der Waals surface area (Å²) in [5, 5.41) is 10.4. The fourth-order valence-electron chi connectivity index (χ4n) is 4.83. The van der Waals surface area contributed by atoms with E-state index >= 15 is 0 Å². The van der Waals surface area contributed by atoms with E-state index in [1.165, 1.54) is 38.5 Å². The van der Waals surface area contributed by atoms with Crippen molar-refractivity contribution in [2.45, 2.75) is 63.3 Å². The maximum Gasteiger partial charge on any atom is 0.125 e. The average Bonchev–Trinajstić information content (AvgIpc) is 2.52. The Labute approximate surface area is 120 Å². The number of rotatable bonds is 0. The number of hydrogen-bond donors (Lipinski definition) is 0. The fourth-order valence-corrected chi connectivity index (χ4v) is 4.83. The van der Waals surface area contributed by atoms with E-state index in [0.717, 1.165) is 26.3 Å². The molecule has 0 N–H and O–H groups in total. The molecule has 0 saturated carbocycles. The van der Waals surface area contributed by atoms with E-state index in [1.807, 2.05) is 0 Å². The van der Waals surface area contributed by atoms with Crippen molar-refractivity contribution in [2.75, 3.05) is 26.3 Å². The molecule has 0 spiro atoms. The molecule has 0 aromatic heterocycles. The zero-order valence-corrected chi connectivity index (χ0v) is 12.0. The van der Waals surface area contributed by atoms with E-state index in [-0.39, 0.29) is 0 Å². The van der Waals surface area contributed by atoms with Crippen molar-refractivity contribution in [3.05, 3.63) is 0 Å². The van der Waals surface area contributed by atoms with Crippen molar-refractivity contribution in [1.29, 1.82) is 0 Å². The molecule has 6 nitrogen and oxygen atoms in total. The molecule has 20 heavy (non-hydrogen) atoms. The Morgan fingerprint density at radius 2 is 1.15 bits per heavy atom. The van der Waals surface area contributed by atoms with Gasteiger partial charge in [-0.25, -0.2) is 10.0 Å². The first-order valence-electron chi connectivity index (χ1n) is 8.26. The van der Waals surface area contributed by atoms with Crippen LogP contribution in [-0.4, -0.2) is 71.1 Å². The van der Waals surface area contributed by atoms with Gasteiger partial charge in [0.05, 0.1) is 25.5 Å². The summed E-state index contributed by atoms with van der Waals surface area (Å²) in [5.41, 5.74) is 0. The van der Waals surface area contributed by atoms with Gasteiger partial charge in [0, 0.05) is 13.1 Å². The lowest BCUT2D eigenvalue weighted by Gasteiger charge is -2.66. The second-order valence-electron chi connectivity index (χ2n) is 6.56. The minimum absolute atomic E-state index is 0.313. The summed E-state index contributed by atoms with van der Waals surface area (Å²) >= 11 is 0. The minimum Gasteiger partial charge on any atom is -0.360 e. The monoisotopic (exact) mass is 280 g/mol. The molecular weight excluding hydrogens is 256 g/mol. The van der Waals surface area contributed by atoms with Gasteiger partial charge in [-0.3, -0.25) is 0 Å². The molecular formula is C14H24N4O2. The number of piperidine rings is 2. The van der Waals surface area contributed by atoms with E-state index < -0.39 is 0 Å². The predicted octanol–water partition coefficient (Wildman–Crippen LogP) is 0.771. The maximum atomic E-state index is 6.04. The lowest BCUT2D eigenvalue weighted by Crippen LogP contribution is -2.81. The van der Waals surface area contributed by atoms with Crippen LogP contribution in [0.5, 0.6) is 0 Å². The van der Waals surface area contributed by atoms with Crippen molar-refractivity contribution in [3.63, 3.8) is 0 Å². The van der Waals surface area contributed by atoms with Crippen molar-refractivity contribution < 1.29 is 9.47 Å². The summed E-state index contributed by atoms with van der Waals surface area (Å²) in [6.45, 7) is 3.83. The van der Waals surface area contributed by atoms with Crippen LogP contribution in [0.3, 0.4) is 0 Å². The number of ether oxygens (including phenoxy) is 2. The van der Waals surface area contributed by atoms with Crippen molar-refractivity contribution in [1.82, 2.24) is 20.0 Å². The van der Waals surface area contributed by atoms with Crippen molar-refractivity contribution in [2.24, 2.45) is 0 Å². The Morgan fingerprint density at radius 3 is 1.65 bits per heavy atom. The highest BCUT2D eigenvalue weighted by Crippen LogP contribution is 2.42. The molecule has 0 aromatic rings. The molecule has 0 aromatic carbocycles. The quantitative estimate of drug-likeness (QED) is 0.651. The molecule has 5 fully saturated rings. The molecule has 5 rings (SSSR count). The molecule has 5 aliphatic rings. The second kappa shape index (κ2) is 4.63. The largest absolute Gasteiger partial charge is 0.360 e. The van der Waals surface area contributed by atoms with Crippen LogP contribution in [-0.2, 0) is 9.47 Å². The lowest BCUT2D eigenvalue weighted by atomic mass is 10.0. The standard InChI is InChI=1S/C14H24N4O2/c1-3-11-15-7-10-20-14-6-2-4-12(18(14)15)16-8-9-19-13(5-1)17(11)16/h11-14H,1-10H2/t11-,12+,13-,14+. The van der Waals surface area contributed by atoms with Gasteiger partial charge in [0.2, 0.25) is 0 Å². The highest BCUT2D eigenvalue weighted by Gasteiger charge is 2.54. The van der Waals surface area contributed by atoms with Gasteiger partial charge < -0.3 is 9.47 Å². The smallest absolute Gasteiger partial charge is 0.125 e. The maximum absolute atomic E-state index is 6.04. The molecule has 5 aliphatic heterocycles. The number of nitrogens with zero attached hydrogens (tertiary/aromatic N) is 4. The van der Waals surface area contributed by atoms with Crippen LogP contribution < -0.4 is 0 Å². The number of fused-ring (bicyclic) bond motifs is 2. The summed E-state index contributed by atoms with van der Waals surface area (Å²) in [7, 11) is 0. The Balaban J connectivity index is 1.55. The molecule has 0 aliphatic carbocycles. The van der Waals surface area contributed by atoms with Crippen LogP contribution >= 0.6 is 0 Å². The van der Waals surface area contributed by atoms with Gasteiger partial charge in [0.25, 0.3) is 0 Å². The summed E-state index contributed by atoms with van der Waals surface area (Å²) in [6, 6.07) is 0. The van der Waals surface area contributed by atoms with E-state index in [2.05, 4.69) is 20.0 Å². The average molecular weight is 280 g/mol. The molecule has 5 heterocycles. The van der Waals surface area contributed by atoms with Crippen molar-refractivity contribution in [3.8, 4) is 0 Å². The highest BCUT2D eigenvalue weighted by atomic mass is 16.5. The van der Waals surface area contributed by atoms with Crippen LogP contribution in [0, 0.1) is 0 Å². The zero-order valence-electron chi connectivity index (χ0n) is 12.0. The normalized spacial score (nSPS) is 46.8. The molecule has 0 radical (unpaired) electrons. The van der Waals surface area contributed by atoms with Crippen LogP contribution in [0.15, 0.2) is 0 Å². The fraction of sp³-hybridized carbons (Fsp3) is 1.00. The Morgan fingerprint density at radius 1 is 0.650 bits per heavy atom. The van der Waals surface area contributed by atoms with Crippen molar-refractivity contribution >= 4 is 0 Å². The molecule has 0 unspecified atom stereocenters. The summed E-state index contributed by atoms with van der Waals surface area (Å²) in [6.07, 6.45) is 9.06. The summed E-state index contributed by atoms with van der Waals surface area (Å²) in [5.74, 6) is 0. The predicted molar refractivity (Wildman–Crippen MR) is 71.8 cm³/mol. The first-order valence-corrected chi connectivity index (χ1v) is 8.26. The molecule has 4 atom stereocenters. The van der Waals surface area contributed by atoms with Gasteiger partial charge in [0.1, 0.15) is 12.5 Å². The Bertz CT molecular complexity index is 327. The molecule has 5 saturated heterocycles. The number of hydrazine groups is 2. The van der Waals surface area contributed by atoms with E-state index in [0.29, 0.717) is 24.8 Å². The topological polar surface area (TPSA) is 31.4 Å². The molecule has 6 heteroatoms. The van der Waals surface area contributed by atoms with Gasteiger partial charge in [-0.05, 0) is 38.5 Å². The lowest BCUT2D eigenvalue weighted by molar-refractivity contribution is -0.413. The van der Waals surface area contributed by atoms with Gasteiger partial charge in [-0.15, -0.1) is 0 Å². The Hall–Kier alpha value is -0.240. The second-order valence-corrected chi connectivity index (χ2v) is 6.56. The summed E-state index contributed by atoms with van der Waals surface area (Å²) in [4.78, 5) is 0. The minimum atomic E-state index is 0.313.